The van der Waals surface area contributed by atoms with Crippen molar-refractivity contribution >= 4 is 27.4 Å². The van der Waals surface area contributed by atoms with Crippen molar-refractivity contribution in [2.45, 2.75) is 37.1 Å². The molecular weight excluding hydrogens is 460 g/mol. The van der Waals surface area contributed by atoms with Crippen molar-refractivity contribution in [2.75, 3.05) is 17.1 Å². The summed E-state index contributed by atoms with van der Waals surface area (Å²) in [5.74, 6) is -0.00695. The fourth-order valence-electron chi connectivity index (χ4n) is 5.03. The zero-order valence-corrected chi connectivity index (χ0v) is 20.7. The molecule has 0 aromatic heterocycles. The number of allylic oxidation sites excluding steroid dienone is 2. The monoisotopic (exact) mass is 488 g/mol. The van der Waals surface area contributed by atoms with E-state index in [0.29, 0.717) is 11.3 Å². The lowest BCUT2D eigenvalue weighted by molar-refractivity contribution is 0.0600. The number of hydrogen-bond acceptors (Lipinski definition) is 5. The number of aryl methyl sites for hydroxylation is 2. The van der Waals surface area contributed by atoms with Gasteiger partial charge in [0.05, 0.1) is 23.6 Å². The molecule has 0 unspecified atom stereocenters. The Bertz CT molecular complexity index is 1430. The average Bonchev–Trinajstić information content (AvgIpc) is 3.35. The lowest BCUT2D eigenvalue weighted by atomic mass is 9.77. The second kappa shape index (κ2) is 8.89. The summed E-state index contributed by atoms with van der Waals surface area (Å²) in [4.78, 5) is 12.1. The number of hydrogen-bond donors (Lipinski definition) is 2. The molecule has 0 saturated heterocycles. The molecule has 1 aliphatic heterocycles. The normalized spacial score (nSPS) is 20.5. The number of carbonyl (C=O) groups excluding carboxylic acids is 1. The average molecular weight is 489 g/mol. The number of ether oxygens (including phenoxy) is 1. The smallest absolute Gasteiger partial charge is 0.337 e. The summed E-state index contributed by atoms with van der Waals surface area (Å²) < 4.78 is 33.9. The van der Waals surface area contributed by atoms with E-state index in [4.69, 9.17) is 4.74 Å². The lowest BCUT2D eigenvalue weighted by Crippen LogP contribution is -2.29. The lowest BCUT2D eigenvalue weighted by Gasteiger charge is -2.37. The van der Waals surface area contributed by atoms with Crippen molar-refractivity contribution in [1.29, 1.82) is 0 Å². The molecule has 35 heavy (non-hydrogen) atoms. The molecule has 0 amide bonds. The quantitative estimate of drug-likeness (QED) is 0.355. The summed E-state index contributed by atoms with van der Waals surface area (Å²) in [7, 11) is -2.36. The van der Waals surface area contributed by atoms with Crippen LogP contribution < -0.4 is 10.0 Å². The van der Waals surface area contributed by atoms with Crippen molar-refractivity contribution in [1.82, 2.24) is 0 Å². The maximum atomic E-state index is 13.2. The number of fused-ring (bicyclic) bond motifs is 3. The largest absolute Gasteiger partial charge is 0.465 e. The summed E-state index contributed by atoms with van der Waals surface area (Å²) in [5.41, 5.74) is 6.19. The Morgan fingerprint density at radius 1 is 1.00 bits per heavy atom. The molecule has 3 aromatic rings. The van der Waals surface area contributed by atoms with Gasteiger partial charge >= 0.3 is 5.97 Å². The molecule has 0 fully saturated rings. The van der Waals surface area contributed by atoms with Crippen LogP contribution in [0.5, 0.6) is 0 Å². The van der Waals surface area contributed by atoms with E-state index < -0.39 is 10.0 Å². The first-order valence-electron chi connectivity index (χ1n) is 11.6. The van der Waals surface area contributed by atoms with E-state index in [1.807, 2.05) is 44.2 Å². The predicted octanol–water partition coefficient (Wildman–Crippen LogP) is 5.72. The first-order chi connectivity index (χ1) is 16.8. The highest BCUT2D eigenvalue weighted by Crippen LogP contribution is 2.50. The maximum Gasteiger partial charge on any atom is 0.337 e. The van der Waals surface area contributed by atoms with Gasteiger partial charge in [-0.3, -0.25) is 4.72 Å². The first-order valence-corrected chi connectivity index (χ1v) is 13.1. The number of sulfonamides is 1. The number of esters is 1. The zero-order chi connectivity index (χ0) is 24.7. The van der Waals surface area contributed by atoms with Gasteiger partial charge in [0.15, 0.2) is 0 Å². The Kier molecular flexibility index (Phi) is 5.89. The molecule has 0 radical (unpaired) electrons. The minimum absolute atomic E-state index is 0.0466. The summed E-state index contributed by atoms with van der Waals surface area (Å²) in [6.45, 7) is 3.96. The van der Waals surface area contributed by atoms with Gasteiger partial charge in [-0.05, 0) is 90.9 Å². The van der Waals surface area contributed by atoms with E-state index in [9.17, 15) is 13.2 Å². The Labute approximate surface area is 206 Å². The number of benzene rings is 3. The van der Waals surface area contributed by atoms with Gasteiger partial charge in [-0.15, -0.1) is 0 Å². The number of anilines is 2. The summed E-state index contributed by atoms with van der Waals surface area (Å²) in [5, 5.41) is 3.62. The van der Waals surface area contributed by atoms with Gasteiger partial charge in [-0.25, -0.2) is 13.2 Å². The standard InChI is InChI=1S/C28H28N2O4S/c1-17-7-12-21(15-18(17)2)30-35(32,33)22-13-14-26-25(16-22)23-5-4-6-24(23)27(29-26)19-8-10-20(11-9-19)28(31)34-3/h4-5,7-16,23-24,27,29-30H,6H2,1-3H3/t23-,24+,27-/m0/s1. The van der Waals surface area contributed by atoms with Crippen LogP contribution in [-0.2, 0) is 14.8 Å². The van der Waals surface area contributed by atoms with Crippen LogP contribution in [0.3, 0.4) is 0 Å². The van der Waals surface area contributed by atoms with E-state index >= 15 is 0 Å². The van der Waals surface area contributed by atoms with Crippen LogP contribution >= 0.6 is 0 Å². The third-order valence-corrected chi connectivity index (χ3v) is 8.47. The van der Waals surface area contributed by atoms with Gasteiger partial charge in [0.25, 0.3) is 10.0 Å². The van der Waals surface area contributed by atoms with Gasteiger partial charge in [-0.2, -0.15) is 0 Å². The molecule has 3 atom stereocenters. The van der Waals surface area contributed by atoms with Crippen molar-refractivity contribution < 1.29 is 17.9 Å². The van der Waals surface area contributed by atoms with Crippen molar-refractivity contribution in [2.24, 2.45) is 5.92 Å². The van der Waals surface area contributed by atoms with Crippen LogP contribution in [0.2, 0.25) is 0 Å². The van der Waals surface area contributed by atoms with Gasteiger partial charge in [-0.1, -0.05) is 30.4 Å². The number of methoxy groups -OCH3 is 1. The minimum Gasteiger partial charge on any atom is -0.465 e. The van der Waals surface area contributed by atoms with Crippen molar-refractivity contribution in [3.63, 3.8) is 0 Å². The van der Waals surface area contributed by atoms with Gasteiger partial charge in [0.1, 0.15) is 0 Å². The second-order valence-electron chi connectivity index (χ2n) is 9.24. The van der Waals surface area contributed by atoms with E-state index in [1.54, 1.807) is 30.3 Å². The zero-order valence-electron chi connectivity index (χ0n) is 19.9. The second-order valence-corrected chi connectivity index (χ2v) is 10.9. The first kappa shape index (κ1) is 23.2. The maximum absolute atomic E-state index is 13.2. The fourth-order valence-corrected chi connectivity index (χ4v) is 6.12. The van der Waals surface area contributed by atoms with Crippen molar-refractivity contribution in [3.8, 4) is 0 Å². The summed E-state index contributed by atoms with van der Waals surface area (Å²) in [6, 6.07) is 18.3. The van der Waals surface area contributed by atoms with Gasteiger partial charge in [0, 0.05) is 17.3 Å². The Morgan fingerprint density at radius 3 is 2.49 bits per heavy atom. The Hall–Kier alpha value is -3.58. The molecule has 0 bridgehead atoms. The SMILES string of the molecule is COC(=O)c1ccc([C@@H]2Nc3ccc(S(=O)(=O)Nc4ccc(C)c(C)c4)cc3[C@H]3C=CC[C@H]32)cc1. The third-order valence-electron chi connectivity index (χ3n) is 7.09. The molecule has 5 rings (SSSR count). The molecule has 180 valence electrons. The van der Waals surface area contributed by atoms with E-state index in [-0.39, 0.29) is 28.7 Å². The predicted molar refractivity (Wildman–Crippen MR) is 137 cm³/mol. The fraction of sp³-hybridized carbons (Fsp3) is 0.250. The molecule has 7 heteroatoms. The minimum atomic E-state index is -3.73. The molecule has 1 heterocycles. The van der Waals surface area contributed by atoms with E-state index in [0.717, 1.165) is 34.4 Å². The molecular formula is C28H28N2O4S. The molecule has 2 aliphatic rings. The molecule has 0 spiro atoms. The summed E-state index contributed by atoms with van der Waals surface area (Å²) >= 11 is 0. The van der Waals surface area contributed by atoms with E-state index in [2.05, 4.69) is 22.2 Å². The highest BCUT2D eigenvalue weighted by atomic mass is 32.2. The van der Waals surface area contributed by atoms with Crippen LogP contribution in [0.4, 0.5) is 11.4 Å². The van der Waals surface area contributed by atoms with Crippen LogP contribution in [0.25, 0.3) is 0 Å². The highest BCUT2D eigenvalue weighted by Gasteiger charge is 2.38. The highest BCUT2D eigenvalue weighted by molar-refractivity contribution is 7.92. The van der Waals surface area contributed by atoms with Gasteiger partial charge < -0.3 is 10.1 Å². The van der Waals surface area contributed by atoms with Crippen LogP contribution in [-0.4, -0.2) is 21.5 Å². The molecule has 3 aromatic carbocycles. The molecule has 6 nitrogen and oxygen atoms in total. The molecule has 1 aliphatic carbocycles. The number of nitrogens with one attached hydrogen (secondary N) is 2. The number of carbonyl (C=O) groups is 1. The molecule has 0 saturated carbocycles. The van der Waals surface area contributed by atoms with Crippen LogP contribution in [0.15, 0.2) is 77.7 Å². The topological polar surface area (TPSA) is 84.5 Å². The van der Waals surface area contributed by atoms with E-state index in [1.165, 1.54) is 7.11 Å². The van der Waals surface area contributed by atoms with Crippen LogP contribution in [0, 0.1) is 19.8 Å². The van der Waals surface area contributed by atoms with Gasteiger partial charge in [0.2, 0.25) is 0 Å². The Balaban J connectivity index is 1.44. The summed E-state index contributed by atoms with van der Waals surface area (Å²) in [6.07, 6.45) is 5.22. The van der Waals surface area contributed by atoms with Crippen molar-refractivity contribution in [3.05, 3.63) is 101 Å². The third kappa shape index (κ3) is 4.32. The Morgan fingerprint density at radius 2 is 1.77 bits per heavy atom. The van der Waals surface area contributed by atoms with Crippen LogP contribution in [0.1, 0.15) is 51.0 Å². The number of rotatable bonds is 5. The molecule has 2 N–H and O–H groups in total.